The lowest BCUT2D eigenvalue weighted by Crippen LogP contribution is -2.54. The Balaban J connectivity index is 2.78. The molecule has 2 aromatic rings. The van der Waals surface area contributed by atoms with Gasteiger partial charge in [-0.05, 0) is 77.8 Å². The van der Waals surface area contributed by atoms with Gasteiger partial charge >= 0.3 is 0 Å². The second kappa shape index (κ2) is 6.61. The summed E-state index contributed by atoms with van der Waals surface area (Å²) in [4.78, 5) is 0. The summed E-state index contributed by atoms with van der Waals surface area (Å²) in [5, 5.41) is 1.43. The van der Waals surface area contributed by atoms with E-state index in [0.717, 1.165) is 16.6 Å². The van der Waals surface area contributed by atoms with Crippen LogP contribution in [0.5, 0.6) is 0 Å². The van der Waals surface area contributed by atoms with Crippen molar-refractivity contribution in [3.8, 4) is 0 Å². The van der Waals surface area contributed by atoms with Crippen LogP contribution in [0.15, 0.2) is 22.7 Å². The average molecular weight is 495 g/mol. The number of fused-ring (bicyclic) bond motifs is 1. The molecule has 1 aromatic carbocycles. The predicted octanol–water partition coefficient (Wildman–Crippen LogP) is 7.15. The van der Waals surface area contributed by atoms with Crippen molar-refractivity contribution in [3.63, 3.8) is 0 Å². The molecule has 0 amide bonds. The Labute approximate surface area is 156 Å². The summed E-state index contributed by atoms with van der Waals surface area (Å²) in [6.45, 7) is 14.6. The third kappa shape index (κ3) is 2.90. The monoisotopic (exact) mass is 494 g/mol. The van der Waals surface area contributed by atoms with Gasteiger partial charge in [-0.2, -0.15) is 0 Å². The van der Waals surface area contributed by atoms with Gasteiger partial charge in [0.15, 0.2) is 0 Å². The number of hydrogen-bond acceptors (Lipinski definition) is 1. The quantitative estimate of drug-likeness (QED) is 0.312. The Kier molecular flexibility index (Phi) is 5.65. The first-order chi connectivity index (χ1) is 9.72. The van der Waals surface area contributed by atoms with E-state index < -0.39 is 8.07 Å². The van der Waals surface area contributed by atoms with Crippen molar-refractivity contribution in [2.24, 2.45) is 0 Å². The molecule has 21 heavy (non-hydrogen) atoms. The highest BCUT2D eigenvalue weighted by atomic mass is 127. The Morgan fingerprint density at radius 1 is 1.00 bits per heavy atom. The van der Waals surface area contributed by atoms with Crippen molar-refractivity contribution in [1.29, 1.82) is 0 Å². The standard InChI is InChI=1S/C17H24BrISSi/c1-10(2)21(11(3)4,12(5)6)16-9-13-15(19)8-7-14(18)17(13)20-16/h7-12H,1-6H3. The molecule has 0 radical (unpaired) electrons. The molecule has 0 fully saturated rings. The second-order valence-corrected chi connectivity index (χ2v) is 16.1. The average Bonchev–Trinajstić information content (AvgIpc) is 2.79. The Morgan fingerprint density at radius 2 is 1.52 bits per heavy atom. The normalized spacial score (nSPS) is 13.1. The van der Waals surface area contributed by atoms with Gasteiger partial charge in [-0.3, -0.25) is 0 Å². The van der Waals surface area contributed by atoms with Gasteiger partial charge in [-0.1, -0.05) is 41.5 Å². The molecule has 1 aromatic heterocycles. The maximum Gasteiger partial charge on any atom is 0.107 e. The number of halogens is 2. The molecule has 0 aliphatic rings. The van der Waals surface area contributed by atoms with E-state index in [9.17, 15) is 0 Å². The van der Waals surface area contributed by atoms with Crippen LogP contribution in [-0.4, -0.2) is 8.07 Å². The van der Waals surface area contributed by atoms with Crippen LogP contribution in [0.4, 0.5) is 0 Å². The maximum atomic E-state index is 3.74. The van der Waals surface area contributed by atoms with Gasteiger partial charge in [0.25, 0.3) is 0 Å². The second-order valence-electron chi connectivity index (χ2n) is 6.78. The molecule has 4 heteroatoms. The first kappa shape index (κ1) is 18.0. The lowest BCUT2D eigenvalue weighted by atomic mass is 10.3. The van der Waals surface area contributed by atoms with Crippen LogP contribution in [0.1, 0.15) is 41.5 Å². The van der Waals surface area contributed by atoms with Gasteiger partial charge in [0.2, 0.25) is 0 Å². The Morgan fingerprint density at radius 3 is 1.95 bits per heavy atom. The number of thiophene rings is 1. The molecule has 2 rings (SSSR count). The van der Waals surface area contributed by atoms with Crippen molar-refractivity contribution in [2.75, 3.05) is 0 Å². The largest absolute Gasteiger partial charge is 0.144 e. The third-order valence-electron chi connectivity index (χ3n) is 4.88. The van der Waals surface area contributed by atoms with Gasteiger partial charge in [-0.15, -0.1) is 11.3 Å². The minimum absolute atomic E-state index is 0.766. The molecule has 0 unspecified atom stereocenters. The summed E-state index contributed by atoms with van der Waals surface area (Å²) in [5.74, 6) is 0. The van der Waals surface area contributed by atoms with Gasteiger partial charge in [-0.25, -0.2) is 0 Å². The zero-order chi connectivity index (χ0) is 15.9. The smallest absolute Gasteiger partial charge is 0.107 e. The van der Waals surface area contributed by atoms with Crippen LogP contribution in [0.2, 0.25) is 16.6 Å². The highest BCUT2D eigenvalue weighted by molar-refractivity contribution is 14.1. The molecule has 0 N–H and O–H groups in total. The van der Waals surface area contributed by atoms with Crippen molar-refractivity contribution in [2.45, 2.75) is 58.2 Å². The van der Waals surface area contributed by atoms with Gasteiger partial charge in [0, 0.05) is 18.1 Å². The van der Waals surface area contributed by atoms with Crippen LogP contribution >= 0.6 is 49.9 Å². The fourth-order valence-electron chi connectivity index (χ4n) is 4.12. The summed E-state index contributed by atoms with van der Waals surface area (Å²) in [6, 6.07) is 6.92. The zero-order valence-electron chi connectivity index (χ0n) is 13.6. The van der Waals surface area contributed by atoms with Crippen LogP contribution in [0.3, 0.4) is 0 Å². The maximum absolute atomic E-state index is 3.74. The molecule has 0 saturated carbocycles. The lowest BCUT2D eigenvalue weighted by Gasteiger charge is -2.42. The predicted molar refractivity (Wildman–Crippen MR) is 113 cm³/mol. The molecule has 0 aliphatic carbocycles. The molecule has 0 saturated heterocycles. The van der Waals surface area contributed by atoms with E-state index in [1.807, 2.05) is 11.3 Å². The summed E-state index contributed by atoms with van der Waals surface area (Å²) >= 11 is 8.25. The van der Waals surface area contributed by atoms with Crippen molar-refractivity contribution < 1.29 is 0 Å². The van der Waals surface area contributed by atoms with E-state index in [0.29, 0.717) is 0 Å². The van der Waals surface area contributed by atoms with Gasteiger partial charge < -0.3 is 0 Å². The van der Waals surface area contributed by atoms with E-state index in [1.54, 1.807) is 4.50 Å². The number of rotatable bonds is 4. The highest BCUT2D eigenvalue weighted by Crippen LogP contribution is 2.44. The minimum Gasteiger partial charge on any atom is -0.144 e. The molecule has 0 nitrogen and oxygen atoms in total. The minimum atomic E-state index is -1.54. The Hall–Kier alpha value is 0.607. The van der Waals surface area contributed by atoms with Crippen molar-refractivity contribution in [3.05, 3.63) is 26.2 Å². The van der Waals surface area contributed by atoms with Crippen molar-refractivity contribution >= 4 is 72.5 Å². The number of hydrogen-bond donors (Lipinski definition) is 0. The summed E-state index contributed by atoms with van der Waals surface area (Å²) in [6.07, 6.45) is 0. The number of benzene rings is 1. The molecule has 1 heterocycles. The van der Waals surface area contributed by atoms with E-state index >= 15 is 0 Å². The third-order valence-corrected chi connectivity index (χ3v) is 15.8. The van der Waals surface area contributed by atoms with E-state index in [1.165, 1.54) is 18.1 Å². The van der Waals surface area contributed by atoms with Gasteiger partial charge in [0.1, 0.15) is 8.07 Å². The highest BCUT2D eigenvalue weighted by Gasteiger charge is 2.45. The Bertz CT molecular complexity index is 585. The molecule has 0 bridgehead atoms. The SMILES string of the molecule is CC(C)[Si](c1cc2c(I)ccc(Br)c2s1)(C(C)C)C(C)C. The van der Waals surface area contributed by atoms with Crippen LogP contribution in [0, 0.1) is 3.57 Å². The summed E-state index contributed by atoms with van der Waals surface area (Å²) in [7, 11) is -1.54. The fraction of sp³-hybridized carbons (Fsp3) is 0.529. The van der Waals surface area contributed by atoms with E-state index in [2.05, 4.69) is 98.3 Å². The lowest BCUT2D eigenvalue weighted by molar-refractivity contribution is 0.837. The molecular formula is C17H24BrISSi. The van der Waals surface area contributed by atoms with Gasteiger partial charge in [0.05, 0.1) is 0 Å². The van der Waals surface area contributed by atoms with Crippen molar-refractivity contribution in [1.82, 2.24) is 0 Å². The molecular weight excluding hydrogens is 471 g/mol. The van der Waals surface area contributed by atoms with Crippen LogP contribution in [0.25, 0.3) is 10.1 Å². The van der Waals surface area contributed by atoms with Crippen LogP contribution < -0.4 is 4.50 Å². The topological polar surface area (TPSA) is 0 Å². The molecule has 0 atom stereocenters. The molecule has 0 aliphatic heterocycles. The first-order valence-electron chi connectivity index (χ1n) is 7.60. The van der Waals surface area contributed by atoms with E-state index in [4.69, 9.17) is 0 Å². The molecule has 116 valence electrons. The van der Waals surface area contributed by atoms with Crippen LogP contribution in [-0.2, 0) is 0 Å². The van der Waals surface area contributed by atoms with E-state index in [-0.39, 0.29) is 0 Å². The first-order valence-corrected chi connectivity index (χ1v) is 12.5. The summed E-state index contributed by atoms with van der Waals surface area (Å²) < 4.78 is 5.72. The fourth-order valence-corrected chi connectivity index (χ4v) is 15.6. The molecule has 0 spiro atoms. The zero-order valence-corrected chi connectivity index (χ0v) is 19.2. The summed E-state index contributed by atoms with van der Waals surface area (Å²) in [5.41, 5.74) is 2.30.